The summed E-state index contributed by atoms with van der Waals surface area (Å²) in [5.41, 5.74) is 2.46. The normalized spacial score (nSPS) is 19.1. The van der Waals surface area contributed by atoms with E-state index in [1.165, 1.54) is 11.1 Å². The molecule has 0 aromatic heterocycles. The number of hydrogen-bond donors (Lipinski definition) is 0. The van der Waals surface area contributed by atoms with Crippen molar-refractivity contribution in [2.45, 2.75) is 25.7 Å². The van der Waals surface area contributed by atoms with Gasteiger partial charge in [0.05, 0.1) is 7.11 Å². The summed E-state index contributed by atoms with van der Waals surface area (Å²) in [6, 6.07) is 5.99. The maximum absolute atomic E-state index is 11.3. The molecule has 14 heavy (non-hydrogen) atoms. The zero-order valence-corrected chi connectivity index (χ0v) is 8.54. The summed E-state index contributed by atoms with van der Waals surface area (Å²) in [6.45, 7) is 1.67. The Kier molecular flexibility index (Phi) is 2.28. The first kappa shape index (κ1) is 9.25. The number of fused-ring (bicyclic) bond motifs is 1. The van der Waals surface area contributed by atoms with Crippen LogP contribution in [0.2, 0.25) is 0 Å². The largest absolute Gasteiger partial charge is 0.497 e. The van der Waals surface area contributed by atoms with Crippen LogP contribution in [0.5, 0.6) is 5.75 Å². The van der Waals surface area contributed by atoms with Gasteiger partial charge in [-0.2, -0.15) is 0 Å². The van der Waals surface area contributed by atoms with Crippen LogP contribution in [0.4, 0.5) is 0 Å². The molecule has 1 aliphatic carbocycles. The van der Waals surface area contributed by atoms with Crippen molar-refractivity contribution in [2.24, 2.45) is 0 Å². The molecule has 0 radical (unpaired) electrons. The highest BCUT2D eigenvalue weighted by Gasteiger charge is 2.25. The molecule has 1 aromatic carbocycles. The van der Waals surface area contributed by atoms with E-state index in [1.807, 2.05) is 18.2 Å². The first-order valence-electron chi connectivity index (χ1n) is 4.89. The quantitative estimate of drug-likeness (QED) is 0.715. The second-order valence-electron chi connectivity index (χ2n) is 3.77. The van der Waals surface area contributed by atoms with Gasteiger partial charge in [0.1, 0.15) is 11.5 Å². The summed E-state index contributed by atoms with van der Waals surface area (Å²) < 4.78 is 5.15. The fraction of sp³-hybridized carbons (Fsp3) is 0.417. The zero-order chi connectivity index (χ0) is 10.1. The zero-order valence-electron chi connectivity index (χ0n) is 8.54. The Morgan fingerprint density at radius 2 is 2.29 bits per heavy atom. The van der Waals surface area contributed by atoms with Crippen LogP contribution in [0, 0.1) is 0 Å². The Balaban J connectivity index is 2.38. The number of methoxy groups -OCH3 is 1. The van der Waals surface area contributed by atoms with Gasteiger partial charge in [-0.1, -0.05) is 6.07 Å². The molecular weight excluding hydrogens is 176 g/mol. The highest BCUT2D eigenvalue weighted by Crippen LogP contribution is 2.35. The van der Waals surface area contributed by atoms with Crippen LogP contribution >= 0.6 is 0 Å². The van der Waals surface area contributed by atoms with E-state index in [0.717, 1.165) is 18.6 Å². The van der Waals surface area contributed by atoms with Crippen LogP contribution in [0.3, 0.4) is 0 Å². The number of ether oxygens (including phenoxy) is 1. The van der Waals surface area contributed by atoms with E-state index < -0.39 is 0 Å². The molecule has 0 aliphatic heterocycles. The lowest BCUT2D eigenvalue weighted by molar-refractivity contribution is -0.118. The van der Waals surface area contributed by atoms with Crippen molar-refractivity contribution >= 4 is 5.78 Å². The smallest absolute Gasteiger partial charge is 0.137 e. The summed E-state index contributed by atoms with van der Waals surface area (Å²) in [6.07, 6.45) is 1.95. The molecule has 0 fully saturated rings. The molecule has 74 valence electrons. The first-order valence-corrected chi connectivity index (χ1v) is 4.89. The van der Waals surface area contributed by atoms with Crippen LogP contribution in [0.25, 0.3) is 0 Å². The van der Waals surface area contributed by atoms with E-state index in [4.69, 9.17) is 4.74 Å². The van der Waals surface area contributed by atoms with Crippen molar-refractivity contribution in [1.29, 1.82) is 0 Å². The van der Waals surface area contributed by atoms with Crippen LogP contribution in [-0.4, -0.2) is 12.9 Å². The van der Waals surface area contributed by atoms with Crippen molar-refractivity contribution in [3.05, 3.63) is 29.3 Å². The summed E-state index contributed by atoms with van der Waals surface area (Å²) >= 11 is 0. The molecule has 1 aromatic rings. The van der Waals surface area contributed by atoms with Crippen molar-refractivity contribution in [2.75, 3.05) is 7.11 Å². The predicted molar refractivity (Wildman–Crippen MR) is 54.7 cm³/mol. The van der Waals surface area contributed by atoms with Gasteiger partial charge in [0, 0.05) is 5.92 Å². The maximum atomic E-state index is 11.3. The second kappa shape index (κ2) is 3.45. The van der Waals surface area contributed by atoms with Gasteiger partial charge in [-0.25, -0.2) is 0 Å². The predicted octanol–water partition coefficient (Wildman–Crippen LogP) is 2.31. The fourth-order valence-corrected chi connectivity index (χ4v) is 2.14. The molecule has 0 amide bonds. The van der Waals surface area contributed by atoms with Gasteiger partial charge in [0.2, 0.25) is 0 Å². The van der Waals surface area contributed by atoms with E-state index in [9.17, 15) is 4.79 Å². The standard InChI is InChI=1S/C12H14O2/c1-8(13)11-5-3-9-7-10(14-2)4-6-12(9)11/h4,6-7,11H,3,5H2,1-2H3. The summed E-state index contributed by atoms with van der Waals surface area (Å²) in [5, 5.41) is 0. The monoisotopic (exact) mass is 190 g/mol. The van der Waals surface area contributed by atoms with Crippen molar-refractivity contribution < 1.29 is 9.53 Å². The Morgan fingerprint density at radius 1 is 1.50 bits per heavy atom. The third-order valence-corrected chi connectivity index (χ3v) is 2.92. The molecule has 0 N–H and O–H groups in total. The van der Waals surface area contributed by atoms with Crippen LogP contribution in [0.15, 0.2) is 18.2 Å². The molecule has 2 rings (SSSR count). The van der Waals surface area contributed by atoms with Gasteiger partial charge in [-0.15, -0.1) is 0 Å². The topological polar surface area (TPSA) is 26.3 Å². The maximum Gasteiger partial charge on any atom is 0.137 e. The summed E-state index contributed by atoms with van der Waals surface area (Å²) in [5.74, 6) is 1.28. The average molecular weight is 190 g/mol. The van der Waals surface area contributed by atoms with Crippen LogP contribution in [-0.2, 0) is 11.2 Å². The molecule has 1 atom stereocenters. The lowest BCUT2D eigenvalue weighted by Crippen LogP contribution is -2.04. The number of hydrogen-bond acceptors (Lipinski definition) is 2. The van der Waals surface area contributed by atoms with Crippen molar-refractivity contribution in [3.63, 3.8) is 0 Å². The number of carbonyl (C=O) groups excluding carboxylic acids is 1. The summed E-state index contributed by atoms with van der Waals surface area (Å²) in [4.78, 5) is 11.3. The molecule has 2 heteroatoms. The fourth-order valence-electron chi connectivity index (χ4n) is 2.14. The number of Topliss-reactive ketones (excluding diaryl/α,β-unsaturated/α-hetero) is 1. The Labute approximate surface area is 83.9 Å². The van der Waals surface area contributed by atoms with Gasteiger partial charge >= 0.3 is 0 Å². The number of aryl methyl sites for hydroxylation is 1. The van der Waals surface area contributed by atoms with E-state index >= 15 is 0 Å². The molecule has 0 bridgehead atoms. The summed E-state index contributed by atoms with van der Waals surface area (Å²) in [7, 11) is 1.67. The van der Waals surface area contributed by atoms with E-state index in [-0.39, 0.29) is 11.7 Å². The third kappa shape index (κ3) is 1.41. The third-order valence-electron chi connectivity index (χ3n) is 2.92. The molecule has 1 aliphatic rings. The highest BCUT2D eigenvalue weighted by atomic mass is 16.5. The minimum Gasteiger partial charge on any atom is -0.497 e. The molecule has 1 unspecified atom stereocenters. The highest BCUT2D eigenvalue weighted by molar-refractivity contribution is 5.84. The van der Waals surface area contributed by atoms with Gasteiger partial charge in [0.25, 0.3) is 0 Å². The number of benzene rings is 1. The van der Waals surface area contributed by atoms with Gasteiger partial charge in [-0.3, -0.25) is 4.79 Å². The van der Waals surface area contributed by atoms with Gasteiger partial charge in [0.15, 0.2) is 0 Å². The minimum absolute atomic E-state index is 0.121. The Hall–Kier alpha value is -1.31. The lowest BCUT2D eigenvalue weighted by Gasteiger charge is -2.07. The Morgan fingerprint density at radius 3 is 2.93 bits per heavy atom. The molecule has 2 nitrogen and oxygen atoms in total. The SMILES string of the molecule is COc1ccc2c(c1)CCC2C(C)=O. The average Bonchev–Trinajstić information content (AvgIpc) is 2.59. The van der Waals surface area contributed by atoms with Gasteiger partial charge < -0.3 is 4.74 Å². The number of carbonyl (C=O) groups is 1. The second-order valence-corrected chi connectivity index (χ2v) is 3.77. The molecular formula is C12H14O2. The molecule has 0 heterocycles. The molecule has 0 spiro atoms. The van der Waals surface area contributed by atoms with Crippen molar-refractivity contribution in [3.8, 4) is 5.75 Å². The van der Waals surface area contributed by atoms with E-state index in [2.05, 4.69) is 0 Å². The van der Waals surface area contributed by atoms with Crippen LogP contribution < -0.4 is 4.74 Å². The molecule has 0 saturated heterocycles. The number of rotatable bonds is 2. The van der Waals surface area contributed by atoms with E-state index in [0.29, 0.717) is 0 Å². The van der Waals surface area contributed by atoms with Crippen LogP contribution in [0.1, 0.15) is 30.4 Å². The van der Waals surface area contributed by atoms with Gasteiger partial charge in [-0.05, 0) is 43.0 Å². The van der Waals surface area contributed by atoms with Crippen molar-refractivity contribution in [1.82, 2.24) is 0 Å². The number of ketones is 1. The lowest BCUT2D eigenvalue weighted by atomic mass is 9.98. The molecule has 0 saturated carbocycles. The Bertz CT molecular complexity index is 369. The minimum atomic E-state index is 0.121. The first-order chi connectivity index (χ1) is 6.72. The van der Waals surface area contributed by atoms with E-state index in [1.54, 1.807) is 14.0 Å².